The molecule has 0 spiro atoms. The second-order valence-corrected chi connectivity index (χ2v) is 5.65. The molecule has 1 saturated carbocycles. The summed E-state index contributed by atoms with van der Waals surface area (Å²) in [5.41, 5.74) is 7.79. The third-order valence-electron chi connectivity index (χ3n) is 4.02. The Bertz CT molecular complexity index is 423. The van der Waals surface area contributed by atoms with Gasteiger partial charge in [-0.05, 0) is 43.4 Å². The highest BCUT2D eigenvalue weighted by atomic mass is 16.1. The van der Waals surface area contributed by atoms with Gasteiger partial charge in [-0.2, -0.15) is 0 Å². The summed E-state index contributed by atoms with van der Waals surface area (Å²) in [6.45, 7) is 2.05. The summed E-state index contributed by atoms with van der Waals surface area (Å²) < 4.78 is 0. The van der Waals surface area contributed by atoms with E-state index >= 15 is 0 Å². The lowest BCUT2D eigenvalue weighted by Gasteiger charge is -2.25. The van der Waals surface area contributed by atoms with Crippen LogP contribution in [0.5, 0.6) is 0 Å². The van der Waals surface area contributed by atoms with Crippen LogP contribution in [0.4, 0.5) is 5.69 Å². The first-order valence-electron chi connectivity index (χ1n) is 7.29. The highest BCUT2D eigenvalue weighted by Gasteiger charge is 2.26. The summed E-state index contributed by atoms with van der Waals surface area (Å²) in [5, 5.41) is 3.34. The maximum Gasteiger partial charge on any atom is 0.240 e. The van der Waals surface area contributed by atoms with Crippen LogP contribution in [0.1, 0.15) is 44.1 Å². The minimum absolute atomic E-state index is 0.228. The van der Waals surface area contributed by atoms with Gasteiger partial charge < -0.3 is 11.1 Å². The molecule has 19 heavy (non-hydrogen) atoms. The first kappa shape index (κ1) is 13.9. The van der Waals surface area contributed by atoms with Crippen molar-refractivity contribution >= 4 is 11.6 Å². The van der Waals surface area contributed by atoms with Crippen molar-refractivity contribution in [2.75, 3.05) is 5.32 Å². The number of nitrogens with one attached hydrogen (secondary N) is 1. The second kappa shape index (κ2) is 6.60. The fraction of sp³-hybridized carbons (Fsp3) is 0.562. The van der Waals surface area contributed by atoms with Gasteiger partial charge in [0.05, 0.1) is 0 Å². The SMILES string of the molecule is Cc1cccc(NC(C(N)=O)C2CCCCCC2)c1. The molecule has 0 saturated heterocycles. The zero-order chi connectivity index (χ0) is 13.7. The number of carbonyl (C=O) groups excluding carboxylic acids is 1. The third kappa shape index (κ3) is 3.98. The Balaban J connectivity index is 2.09. The van der Waals surface area contributed by atoms with Crippen molar-refractivity contribution in [2.24, 2.45) is 11.7 Å². The van der Waals surface area contributed by atoms with E-state index in [4.69, 9.17) is 5.73 Å². The van der Waals surface area contributed by atoms with Gasteiger partial charge in [-0.3, -0.25) is 4.79 Å². The standard InChI is InChI=1S/C16H24N2O/c1-12-7-6-10-14(11-12)18-15(16(17)19)13-8-4-2-3-5-9-13/h6-7,10-11,13,15,18H,2-5,8-9H2,1H3,(H2,17,19). The van der Waals surface area contributed by atoms with Crippen molar-refractivity contribution in [2.45, 2.75) is 51.5 Å². The van der Waals surface area contributed by atoms with Gasteiger partial charge in [0.25, 0.3) is 0 Å². The molecule has 0 aliphatic heterocycles. The van der Waals surface area contributed by atoms with Gasteiger partial charge in [0.15, 0.2) is 0 Å². The minimum Gasteiger partial charge on any atom is -0.373 e. The van der Waals surface area contributed by atoms with E-state index in [-0.39, 0.29) is 11.9 Å². The number of carbonyl (C=O) groups is 1. The van der Waals surface area contributed by atoms with Gasteiger partial charge in [0.2, 0.25) is 5.91 Å². The zero-order valence-electron chi connectivity index (χ0n) is 11.7. The van der Waals surface area contributed by atoms with E-state index in [9.17, 15) is 4.79 Å². The Kier molecular flexibility index (Phi) is 4.83. The van der Waals surface area contributed by atoms with Gasteiger partial charge in [-0.25, -0.2) is 0 Å². The van der Waals surface area contributed by atoms with Gasteiger partial charge in [0, 0.05) is 5.69 Å². The lowest BCUT2D eigenvalue weighted by molar-refractivity contribution is -0.119. The maximum absolute atomic E-state index is 11.8. The summed E-state index contributed by atoms with van der Waals surface area (Å²) in [5.74, 6) is 0.147. The molecule has 1 aromatic rings. The highest BCUT2D eigenvalue weighted by Crippen LogP contribution is 2.27. The van der Waals surface area contributed by atoms with Crippen LogP contribution >= 0.6 is 0 Å². The lowest BCUT2D eigenvalue weighted by Crippen LogP contribution is -2.41. The van der Waals surface area contributed by atoms with Crippen molar-refractivity contribution in [3.05, 3.63) is 29.8 Å². The number of aryl methyl sites for hydroxylation is 1. The zero-order valence-corrected chi connectivity index (χ0v) is 11.7. The van der Waals surface area contributed by atoms with Crippen molar-refractivity contribution in [3.8, 4) is 0 Å². The molecular weight excluding hydrogens is 236 g/mol. The fourth-order valence-electron chi connectivity index (χ4n) is 2.98. The first-order chi connectivity index (χ1) is 9.16. The molecule has 1 aromatic carbocycles. The van der Waals surface area contributed by atoms with Crippen LogP contribution in [0.2, 0.25) is 0 Å². The van der Waals surface area contributed by atoms with Crippen LogP contribution in [0.15, 0.2) is 24.3 Å². The topological polar surface area (TPSA) is 55.1 Å². The van der Waals surface area contributed by atoms with Crippen LogP contribution in [0, 0.1) is 12.8 Å². The van der Waals surface area contributed by atoms with E-state index in [1.807, 2.05) is 12.1 Å². The number of anilines is 1. The van der Waals surface area contributed by atoms with E-state index in [1.54, 1.807) is 0 Å². The molecule has 1 fully saturated rings. The Morgan fingerprint density at radius 3 is 2.53 bits per heavy atom. The number of hydrogen-bond acceptors (Lipinski definition) is 2. The largest absolute Gasteiger partial charge is 0.373 e. The number of benzene rings is 1. The van der Waals surface area contributed by atoms with E-state index in [2.05, 4.69) is 24.4 Å². The summed E-state index contributed by atoms with van der Waals surface area (Å²) >= 11 is 0. The molecule has 3 nitrogen and oxygen atoms in total. The number of amides is 1. The molecule has 1 atom stereocenters. The average molecular weight is 260 g/mol. The Morgan fingerprint density at radius 1 is 1.26 bits per heavy atom. The number of hydrogen-bond donors (Lipinski definition) is 2. The highest BCUT2D eigenvalue weighted by molar-refractivity contribution is 5.83. The molecule has 3 N–H and O–H groups in total. The van der Waals surface area contributed by atoms with Crippen molar-refractivity contribution in [1.82, 2.24) is 0 Å². The predicted molar refractivity (Wildman–Crippen MR) is 79.0 cm³/mol. The van der Waals surface area contributed by atoms with Crippen molar-refractivity contribution in [3.63, 3.8) is 0 Å². The normalized spacial score (nSPS) is 18.6. The summed E-state index contributed by atoms with van der Waals surface area (Å²) in [6.07, 6.45) is 7.20. The molecule has 1 aliphatic carbocycles. The van der Waals surface area contributed by atoms with E-state index in [0.717, 1.165) is 18.5 Å². The van der Waals surface area contributed by atoms with Gasteiger partial charge in [-0.15, -0.1) is 0 Å². The van der Waals surface area contributed by atoms with E-state index in [1.165, 1.54) is 31.2 Å². The van der Waals surface area contributed by atoms with Gasteiger partial charge >= 0.3 is 0 Å². The van der Waals surface area contributed by atoms with Crippen LogP contribution in [0.3, 0.4) is 0 Å². The molecule has 104 valence electrons. The molecule has 1 unspecified atom stereocenters. The predicted octanol–water partition coefficient (Wildman–Crippen LogP) is 3.23. The summed E-state index contributed by atoms with van der Waals surface area (Å²) in [4.78, 5) is 11.8. The third-order valence-corrected chi connectivity index (χ3v) is 4.02. The Hall–Kier alpha value is -1.51. The van der Waals surface area contributed by atoms with Crippen LogP contribution in [-0.2, 0) is 4.79 Å². The van der Waals surface area contributed by atoms with Crippen LogP contribution in [0.25, 0.3) is 0 Å². The molecule has 1 aliphatic rings. The summed E-state index contributed by atoms with van der Waals surface area (Å²) in [6, 6.07) is 7.88. The molecule has 0 bridgehead atoms. The van der Waals surface area contributed by atoms with Gasteiger partial charge in [0.1, 0.15) is 6.04 Å². The fourth-order valence-corrected chi connectivity index (χ4v) is 2.98. The average Bonchev–Trinajstić information content (AvgIpc) is 2.64. The molecule has 2 rings (SSSR count). The van der Waals surface area contributed by atoms with E-state index < -0.39 is 0 Å². The maximum atomic E-state index is 11.8. The Morgan fingerprint density at radius 2 is 1.95 bits per heavy atom. The molecule has 3 heteroatoms. The number of primary amides is 1. The van der Waals surface area contributed by atoms with Crippen LogP contribution < -0.4 is 11.1 Å². The monoisotopic (exact) mass is 260 g/mol. The number of rotatable bonds is 4. The molecule has 0 radical (unpaired) electrons. The quantitative estimate of drug-likeness (QED) is 0.817. The van der Waals surface area contributed by atoms with E-state index in [0.29, 0.717) is 5.92 Å². The molecule has 0 aromatic heterocycles. The Labute approximate surface area is 115 Å². The number of nitrogens with two attached hydrogens (primary N) is 1. The molecule has 0 heterocycles. The van der Waals surface area contributed by atoms with Crippen molar-refractivity contribution in [1.29, 1.82) is 0 Å². The second-order valence-electron chi connectivity index (χ2n) is 5.65. The lowest BCUT2D eigenvalue weighted by atomic mass is 9.91. The summed E-state index contributed by atoms with van der Waals surface area (Å²) in [7, 11) is 0. The van der Waals surface area contributed by atoms with Crippen LogP contribution in [-0.4, -0.2) is 11.9 Å². The van der Waals surface area contributed by atoms with Gasteiger partial charge in [-0.1, -0.05) is 37.8 Å². The van der Waals surface area contributed by atoms with Crippen molar-refractivity contribution < 1.29 is 4.79 Å². The molecule has 1 amide bonds. The smallest absolute Gasteiger partial charge is 0.240 e. The molecular formula is C16H24N2O. The minimum atomic E-state index is -0.236. The first-order valence-corrected chi connectivity index (χ1v) is 7.29.